The number of hydrogen-bond donors (Lipinski definition) is 1. The average molecular weight is 315 g/mol. The van der Waals surface area contributed by atoms with Gasteiger partial charge in [-0.2, -0.15) is 0 Å². The first-order chi connectivity index (χ1) is 9.60. The van der Waals surface area contributed by atoms with Crippen molar-refractivity contribution in [3.8, 4) is 11.5 Å². The number of likely N-dealkylation sites (tertiary alicyclic amines) is 1. The molecule has 0 aromatic heterocycles. The number of nitrogens with two attached hydrogens (primary N) is 1. The predicted octanol–water partition coefficient (Wildman–Crippen LogP) is 1.93. The Labute approximate surface area is 131 Å². The summed E-state index contributed by atoms with van der Waals surface area (Å²) in [6.07, 6.45) is 0.968. The number of methoxy groups -OCH3 is 2. The third-order valence-corrected chi connectivity index (χ3v) is 3.89. The molecule has 1 aliphatic rings. The molecule has 118 valence electrons. The van der Waals surface area contributed by atoms with Crippen LogP contribution in [0.3, 0.4) is 0 Å². The lowest BCUT2D eigenvalue weighted by molar-refractivity contribution is 0.0743. The van der Waals surface area contributed by atoms with Crippen molar-refractivity contribution in [3.63, 3.8) is 0 Å². The first-order valence-electron chi connectivity index (χ1n) is 6.83. The Morgan fingerprint density at radius 1 is 1.33 bits per heavy atom. The molecule has 2 N–H and O–H groups in total. The lowest BCUT2D eigenvalue weighted by Crippen LogP contribution is -2.34. The largest absolute Gasteiger partial charge is 0.493 e. The summed E-state index contributed by atoms with van der Waals surface area (Å²) >= 11 is 0. The molecule has 2 rings (SSSR count). The molecule has 0 aliphatic carbocycles. The monoisotopic (exact) mass is 314 g/mol. The molecule has 2 unspecified atom stereocenters. The molecule has 6 heteroatoms. The van der Waals surface area contributed by atoms with E-state index < -0.39 is 0 Å². The maximum absolute atomic E-state index is 12.6. The maximum Gasteiger partial charge on any atom is 0.254 e. The number of carbonyl (C=O) groups is 1. The summed E-state index contributed by atoms with van der Waals surface area (Å²) in [5.41, 5.74) is 6.32. The molecule has 1 fully saturated rings. The van der Waals surface area contributed by atoms with Crippen LogP contribution < -0.4 is 15.2 Å². The standard InChI is InChI=1S/C15H22N2O3.ClH/c1-10-6-11(8-16)9-17(10)15(18)12-4-5-13(19-2)14(7-12)20-3;/h4-5,7,10-11H,6,8-9,16H2,1-3H3;1H. The Morgan fingerprint density at radius 3 is 2.52 bits per heavy atom. The molecule has 1 heterocycles. The van der Waals surface area contributed by atoms with Gasteiger partial charge in [-0.1, -0.05) is 0 Å². The predicted molar refractivity (Wildman–Crippen MR) is 84.5 cm³/mol. The van der Waals surface area contributed by atoms with Crippen molar-refractivity contribution in [1.82, 2.24) is 4.90 Å². The van der Waals surface area contributed by atoms with E-state index >= 15 is 0 Å². The molecular weight excluding hydrogens is 292 g/mol. The fourth-order valence-corrected chi connectivity index (χ4v) is 2.73. The minimum Gasteiger partial charge on any atom is -0.493 e. The van der Waals surface area contributed by atoms with Gasteiger partial charge in [0.15, 0.2) is 11.5 Å². The van der Waals surface area contributed by atoms with Crippen molar-refractivity contribution in [2.75, 3.05) is 27.3 Å². The highest BCUT2D eigenvalue weighted by atomic mass is 35.5. The van der Waals surface area contributed by atoms with Crippen LogP contribution in [0.15, 0.2) is 18.2 Å². The second kappa shape index (κ2) is 7.52. The number of rotatable bonds is 4. The van der Waals surface area contributed by atoms with Crippen LogP contribution in [0.5, 0.6) is 11.5 Å². The van der Waals surface area contributed by atoms with Crippen molar-refractivity contribution >= 4 is 18.3 Å². The summed E-state index contributed by atoms with van der Waals surface area (Å²) in [6, 6.07) is 5.48. The smallest absolute Gasteiger partial charge is 0.254 e. The second-order valence-electron chi connectivity index (χ2n) is 5.21. The Balaban J connectivity index is 0.00000220. The minimum absolute atomic E-state index is 0. The van der Waals surface area contributed by atoms with Crippen LogP contribution in [-0.2, 0) is 0 Å². The minimum atomic E-state index is 0. The molecule has 1 amide bonds. The van der Waals surface area contributed by atoms with Crippen molar-refractivity contribution in [2.45, 2.75) is 19.4 Å². The van der Waals surface area contributed by atoms with E-state index in [-0.39, 0.29) is 24.4 Å². The second-order valence-corrected chi connectivity index (χ2v) is 5.21. The zero-order chi connectivity index (χ0) is 14.7. The van der Waals surface area contributed by atoms with E-state index in [1.54, 1.807) is 32.4 Å². The molecule has 1 aliphatic heterocycles. The van der Waals surface area contributed by atoms with E-state index in [1.165, 1.54) is 0 Å². The molecule has 0 spiro atoms. The number of nitrogens with zero attached hydrogens (tertiary/aromatic N) is 1. The number of ether oxygens (including phenoxy) is 2. The summed E-state index contributed by atoms with van der Waals surface area (Å²) in [6.45, 7) is 3.42. The summed E-state index contributed by atoms with van der Waals surface area (Å²) < 4.78 is 10.4. The lowest BCUT2D eigenvalue weighted by atomic mass is 10.1. The van der Waals surface area contributed by atoms with Gasteiger partial charge in [-0.15, -0.1) is 12.4 Å². The van der Waals surface area contributed by atoms with E-state index in [2.05, 4.69) is 6.92 Å². The van der Waals surface area contributed by atoms with Crippen molar-refractivity contribution < 1.29 is 14.3 Å². The first kappa shape index (κ1) is 17.6. The van der Waals surface area contributed by atoms with Gasteiger partial charge in [0.25, 0.3) is 5.91 Å². The van der Waals surface area contributed by atoms with Gasteiger partial charge in [-0.05, 0) is 44.0 Å². The summed E-state index contributed by atoms with van der Waals surface area (Å²) in [4.78, 5) is 14.5. The van der Waals surface area contributed by atoms with Gasteiger partial charge in [0.1, 0.15) is 0 Å². The highest BCUT2D eigenvalue weighted by molar-refractivity contribution is 5.95. The normalized spacial score (nSPS) is 20.9. The highest BCUT2D eigenvalue weighted by Crippen LogP contribution is 2.30. The number of benzene rings is 1. The van der Waals surface area contributed by atoms with E-state index in [1.807, 2.05) is 4.90 Å². The Bertz CT molecular complexity index is 496. The Morgan fingerprint density at radius 2 is 2.00 bits per heavy atom. The first-order valence-corrected chi connectivity index (χ1v) is 6.83. The summed E-state index contributed by atoms with van der Waals surface area (Å²) in [5.74, 6) is 1.61. The lowest BCUT2D eigenvalue weighted by Gasteiger charge is -2.22. The maximum atomic E-state index is 12.6. The van der Waals surface area contributed by atoms with Crippen molar-refractivity contribution in [2.24, 2.45) is 11.7 Å². The summed E-state index contributed by atoms with van der Waals surface area (Å²) in [5, 5.41) is 0. The topological polar surface area (TPSA) is 64.8 Å². The SMILES string of the molecule is COc1ccc(C(=O)N2CC(CN)CC2C)cc1OC.Cl. The molecule has 2 atom stereocenters. The third-order valence-electron chi connectivity index (χ3n) is 3.89. The van der Waals surface area contributed by atoms with Crippen LogP contribution in [0.25, 0.3) is 0 Å². The molecule has 0 radical (unpaired) electrons. The quantitative estimate of drug-likeness (QED) is 0.922. The van der Waals surface area contributed by atoms with Crippen LogP contribution in [0.4, 0.5) is 0 Å². The zero-order valence-electron chi connectivity index (χ0n) is 12.7. The molecule has 0 bridgehead atoms. The Kier molecular flexibility index (Phi) is 6.30. The fourth-order valence-electron chi connectivity index (χ4n) is 2.73. The van der Waals surface area contributed by atoms with Crippen molar-refractivity contribution in [1.29, 1.82) is 0 Å². The van der Waals surface area contributed by atoms with Gasteiger partial charge in [0.2, 0.25) is 0 Å². The van der Waals surface area contributed by atoms with Gasteiger partial charge < -0.3 is 20.1 Å². The summed E-state index contributed by atoms with van der Waals surface area (Å²) in [7, 11) is 3.14. The Hall–Kier alpha value is -1.46. The number of carbonyl (C=O) groups excluding carboxylic acids is 1. The van der Waals surface area contributed by atoms with E-state index in [0.29, 0.717) is 29.5 Å². The third kappa shape index (κ3) is 3.60. The van der Waals surface area contributed by atoms with Gasteiger partial charge in [-0.3, -0.25) is 4.79 Å². The van der Waals surface area contributed by atoms with Gasteiger partial charge in [0, 0.05) is 18.2 Å². The van der Waals surface area contributed by atoms with E-state index in [9.17, 15) is 4.79 Å². The number of halogens is 1. The average Bonchev–Trinajstić information content (AvgIpc) is 2.86. The van der Waals surface area contributed by atoms with E-state index in [4.69, 9.17) is 15.2 Å². The van der Waals surface area contributed by atoms with Gasteiger partial charge in [0.05, 0.1) is 14.2 Å². The van der Waals surface area contributed by atoms with Crippen LogP contribution >= 0.6 is 12.4 Å². The van der Waals surface area contributed by atoms with Gasteiger partial charge >= 0.3 is 0 Å². The van der Waals surface area contributed by atoms with E-state index in [0.717, 1.165) is 13.0 Å². The number of amides is 1. The van der Waals surface area contributed by atoms with Crippen LogP contribution in [0, 0.1) is 5.92 Å². The van der Waals surface area contributed by atoms with Crippen LogP contribution in [0.2, 0.25) is 0 Å². The van der Waals surface area contributed by atoms with Gasteiger partial charge in [-0.25, -0.2) is 0 Å². The van der Waals surface area contributed by atoms with Crippen LogP contribution in [0.1, 0.15) is 23.7 Å². The molecule has 1 aromatic rings. The molecule has 5 nitrogen and oxygen atoms in total. The molecule has 0 saturated carbocycles. The zero-order valence-corrected chi connectivity index (χ0v) is 13.5. The molecular formula is C15H23ClN2O3. The number of hydrogen-bond acceptors (Lipinski definition) is 4. The molecule has 1 aromatic carbocycles. The molecule has 21 heavy (non-hydrogen) atoms. The highest BCUT2D eigenvalue weighted by Gasteiger charge is 2.32. The van der Waals surface area contributed by atoms with Crippen molar-refractivity contribution in [3.05, 3.63) is 23.8 Å². The fraction of sp³-hybridized carbons (Fsp3) is 0.533. The molecule has 1 saturated heterocycles. The van der Waals surface area contributed by atoms with Crippen LogP contribution in [-0.4, -0.2) is 44.2 Å².